The molecule has 5 aromatic heterocycles. The number of benzene rings is 9. The van der Waals surface area contributed by atoms with Gasteiger partial charge in [0.15, 0.2) is 34.9 Å². The van der Waals surface area contributed by atoms with Crippen LogP contribution in [0.1, 0.15) is 5.56 Å². The maximum Gasteiger partial charge on any atom is 0.416 e. The van der Waals surface area contributed by atoms with Crippen LogP contribution in [0.5, 0.6) is 0 Å². The molecule has 12 heteroatoms. The third-order valence-electron chi connectivity index (χ3n) is 14.2. The van der Waals surface area contributed by atoms with Crippen LogP contribution in [-0.2, 0) is 6.18 Å². The first kappa shape index (κ1) is 46.1. The van der Waals surface area contributed by atoms with E-state index in [1.807, 2.05) is 193 Å². The van der Waals surface area contributed by atoms with Gasteiger partial charge in [0.05, 0.1) is 39.0 Å². The van der Waals surface area contributed by atoms with Crippen molar-refractivity contribution in [3.63, 3.8) is 0 Å². The van der Waals surface area contributed by atoms with Gasteiger partial charge in [-0.3, -0.25) is 4.98 Å². The largest absolute Gasteiger partial charge is 0.416 e. The monoisotopic (exact) mass is 1020 g/mol. The Morgan fingerprint density at radius 2 is 0.667 bits per heavy atom. The number of rotatable bonds is 9. The summed E-state index contributed by atoms with van der Waals surface area (Å²) in [4.78, 5) is 34.5. The van der Waals surface area contributed by atoms with Crippen LogP contribution in [0, 0.1) is 0 Å². The molecule has 370 valence electrons. The molecular weight excluding hydrogens is 976 g/mol. The maximum atomic E-state index is 15.1. The molecule has 0 atom stereocenters. The highest BCUT2D eigenvalue weighted by atomic mass is 19.4. The zero-order valence-electron chi connectivity index (χ0n) is 41.3. The van der Waals surface area contributed by atoms with Crippen molar-refractivity contribution in [2.75, 3.05) is 0 Å². The molecule has 0 fully saturated rings. The first-order valence-electron chi connectivity index (χ1n) is 25.3. The van der Waals surface area contributed by atoms with Gasteiger partial charge < -0.3 is 9.13 Å². The van der Waals surface area contributed by atoms with Crippen LogP contribution in [-0.4, -0.2) is 44.0 Å². The Hall–Kier alpha value is -10.5. The highest BCUT2D eigenvalue weighted by Crippen LogP contribution is 2.44. The van der Waals surface area contributed by atoms with E-state index < -0.39 is 11.7 Å². The second-order valence-electron chi connectivity index (χ2n) is 18.9. The van der Waals surface area contributed by atoms with Gasteiger partial charge in [0.2, 0.25) is 0 Å². The number of fused-ring (bicyclic) bond motifs is 6. The molecule has 0 unspecified atom stereocenters. The fourth-order valence-corrected chi connectivity index (χ4v) is 10.5. The van der Waals surface area contributed by atoms with Crippen LogP contribution in [0.4, 0.5) is 13.2 Å². The molecule has 0 aliphatic heterocycles. The maximum absolute atomic E-state index is 15.1. The lowest BCUT2D eigenvalue weighted by atomic mass is 10.00. The highest BCUT2D eigenvalue weighted by Gasteiger charge is 2.32. The molecule has 0 spiro atoms. The van der Waals surface area contributed by atoms with E-state index in [0.29, 0.717) is 57.3 Å². The van der Waals surface area contributed by atoms with Crippen molar-refractivity contribution >= 4 is 43.6 Å². The van der Waals surface area contributed by atoms with Crippen molar-refractivity contribution in [1.29, 1.82) is 0 Å². The number of aromatic nitrogens is 9. The van der Waals surface area contributed by atoms with E-state index in [4.69, 9.17) is 29.9 Å². The number of pyridine rings is 1. The summed E-state index contributed by atoms with van der Waals surface area (Å²) in [7, 11) is 0. The summed E-state index contributed by atoms with van der Waals surface area (Å²) in [6.45, 7) is 0. The van der Waals surface area contributed by atoms with Crippen LogP contribution in [0.2, 0.25) is 0 Å². The molecule has 78 heavy (non-hydrogen) atoms. The summed E-state index contributed by atoms with van der Waals surface area (Å²) in [5.74, 6) is 3.12. The predicted octanol–water partition coefficient (Wildman–Crippen LogP) is 16.3. The lowest BCUT2D eigenvalue weighted by molar-refractivity contribution is -0.137. The summed E-state index contributed by atoms with van der Waals surface area (Å²) >= 11 is 0. The van der Waals surface area contributed by atoms with Crippen molar-refractivity contribution in [1.82, 2.24) is 44.0 Å². The van der Waals surface area contributed by atoms with Crippen LogP contribution < -0.4 is 0 Å². The highest BCUT2D eigenvalue weighted by molar-refractivity contribution is 6.12. The van der Waals surface area contributed by atoms with Gasteiger partial charge in [-0.2, -0.15) is 13.2 Å². The van der Waals surface area contributed by atoms with Crippen molar-refractivity contribution in [2.45, 2.75) is 6.18 Å². The second-order valence-corrected chi connectivity index (χ2v) is 18.9. The average Bonchev–Trinajstić information content (AvgIpc) is 4.04. The standard InChI is InChI=1S/C66H40F3N9/c67-66(68,69)47-31-32-50(59(39-47)78-55-28-16-14-26-49(55)52-38-46(30-34-57(52)78)65-75-62(43-21-9-3-10-22-43)72-63(76-65)44-23-11-4-12-24-44)53-40-70-36-35-58(53)77-54-27-15-13-25-48(54)51-37-45(29-33-56(51)77)64-73-60(41-17-5-1-6-18-41)71-61(74-64)42-19-7-2-8-20-42/h1-40H. The first-order valence-corrected chi connectivity index (χ1v) is 25.3. The van der Waals surface area contributed by atoms with Gasteiger partial charge >= 0.3 is 6.18 Å². The lowest BCUT2D eigenvalue weighted by Crippen LogP contribution is -2.08. The molecule has 0 N–H and O–H groups in total. The SMILES string of the molecule is FC(F)(F)c1ccc(-c2cnccc2-n2c3ccccc3c3cc(-c4nc(-c5ccccc5)nc(-c5ccccc5)n4)ccc32)c(-n2c3ccccc3c3cc(-c4nc(-c5ccccc5)nc(-c5ccccc5)n4)ccc32)c1. The third kappa shape index (κ3) is 8.10. The first-order chi connectivity index (χ1) is 38.3. The fraction of sp³-hybridized carbons (Fsp3) is 0.0152. The number of nitrogens with zero attached hydrogens (tertiary/aromatic N) is 9. The quantitative estimate of drug-likeness (QED) is 0.142. The number of para-hydroxylation sites is 2. The van der Waals surface area contributed by atoms with Gasteiger partial charge in [-0.1, -0.05) is 164 Å². The van der Waals surface area contributed by atoms with Gasteiger partial charge in [-0.05, 0) is 66.7 Å². The minimum absolute atomic E-state index is 0.331. The van der Waals surface area contributed by atoms with E-state index in [0.717, 1.165) is 83.2 Å². The van der Waals surface area contributed by atoms with Crippen molar-refractivity contribution in [3.8, 4) is 90.8 Å². The van der Waals surface area contributed by atoms with Gasteiger partial charge in [0.1, 0.15) is 0 Å². The molecule has 14 aromatic rings. The minimum atomic E-state index is -4.64. The van der Waals surface area contributed by atoms with E-state index in [1.54, 1.807) is 18.5 Å². The Balaban J connectivity index is 0.947. The molecule has 0 bridgehead atoms. The van der Waals surface area contributed by atoms with Crippen LogP contribution >= 0.6 is 0 Å². The minimum Gasteiger partial charge on any atom is -0.309 e. The van der Waals surface area contributed by atoms with E-state index in [-0.39, 0.29) is 0 Å². The topological polar surface area (TPSA) is 100 Å². The smallest absolute Gasteiger partial charge is 0.309 e. The average molecular weight is 1020 g/mol. The molecule has 0 aliphatic rings. The fourth-order valence-electron chi connectivity index (χ4n) is 10.5. The molecule has 5 heterocycles. The lowest BCUT2D eigenvalue weighted by Gasteiger charge is -2.20. The normalized spacial score (nSPS) is 11.8. The van der Waals surface area contributed by atoms with Gasteiger partial charge in [0.25, 0.3) is 0 Å². The van der Waals surface area contributed by atoms with Gasteiger partial charge in [-0.15, -0.1) is 0 Å². The van der Waals surface area contributed by atoms with Crippen molar-refractivity contribution in [3.05, 3.63) is 248 Å². The van der Waals surface area contributed by atoms with Crippen molar-refractivity contribution in [2.24, 2.45) is 0 Å². The van der Waals surface area contributed by atoms with E-state index in [1.165, 1.54) is 6.07 Å². The number of hydrogen-bond donors (Lipinski definition) is 0. The van der Waals surface area contributed by atoms with E-state index in [2.05, 4.69) is 33.8 Å². The zero-order chi connectivity index (χ0) is 52.3. The molecular formula is C66H40F3N9. The Kier molecular flexibility index (Phi) is 11.1. The Morgan fingerprint density at radius 3 is 1.09 bits per heavy atom. The molecule has 0 radical (unpaired) electrons. The third-order valence-corrected chi connectivity index (χ3v) is 14.2. The summed E-state index contributed by atoms with van der Waals surface area (Å²) in [6.07, 6.45) is -1.19. The number of alkyl halides is 3. The molecule has 0 amide bonds. The molecule has 14 rings (SSSR count). The zero-order valence-corrected chi connectivity index (χ0v) is 41.3. The molecule has 0 saturated heterocycles. The molecule has 0 aliphatic carbocycles. The van der Waals surface area contributed by atoms with E-state index in [9.17, 15) is 0 Å². The summed E-state index contributed by atoms with van der Waals surface area (Å²) in [5.41, 5.74) is 9.54. The van der Waals surface area contributed by atoms with Gasteiger partial charge in [-0.25, -0.2) is 29.9 Å². The summed E-state index contributed by atoms with van der Waals surface area (Å²) < 4.78 is 49.4. The summed E-state index contributed by atoms with van der Waals surface area (Å²) in [5, 5.41) is 3.55. The van der Waals surface area contributed by atoms with E-state index >= 15 is 13.2 Å². The predicted molar refractivity (Wildman–Crippen MR) is 303 cm³/mol. The van der Waals surface area contributed by atoms with Crippen LogP contribution in [0.15, 0.2) is 243 Å². The Morgan fingerprint density at radius 1 is 0.295 bits per heavy atom. The number of hydrogen-bond acceptors (Lipinski definition) is 7. The molecule has 9 aromatic carbocycles. The molecule has 0 saturated carbocycles. The second kappa shape index (κ2) is 18.7. The Labute approximate surface area is 444 Å². The summed E-state index contributed by atoms with van der Waals surface area (Å²) in [6, 6.07) is 73.1. The molecule has 9 nitrogen and oxygen atoms in total. The number of halogens is 3. The van der Waals surface area contributed by atoms with Crippen LogP contribution in [0.3, 0.4) is 0 Å². The van der Waals surface area contributed by atoms with Crippen molar-refractivity contribution < 1.29 is 13.2 Å². The Bertz CT molecular complexity index is 4480. The van der Waals surface area contributed by atoms with Crippen LogP contribution in [0.25, 0.3) is 134 Å². The van der Waals surface area contributed by atoms with Gasteiger partial charge in [0, 0.05) is 78.4 Å².